The molecule has 1 heterocycles. The number of amides is 1. The van der Waals surface area contributed by atoms with Gasteiger partial charge in [0.2, 0.25) is 5.91 Å². The van der Waals surface area contributed by atoms with Gasteiger partial charge in [0.05, 0.1) is 6.42 Å². The van der Waals surface area contributed by atoms with Gasteiger partial charge in [0.25, 0.3) is 0 Å². The van der Waals surface area contributed by atoms with E-state index in [0.29, 0.717) is 13.0 Å². The Kier molecular flexibility index (Phi) is 1.72. The summed E-state index contributed by atoms with van der Waals surface area (Å²) in [7, 11) is 1.82. The fourth-order valence-corrected chi connectivity index (χ4v) is 1.61. The minimum absolute atomic E-state index is 0.165. The normalized spacial score (nSPS) is 15.8. The van der Waals surface area contributed by atoms with Crippen LogP contribution in [0.3, 0.4) is 0 Å². The molecule has 2 N–H and O–H groups in total. The quantitative estimate of drug-likeness (QED) is 0.594. The molecule has 0 spiro atoms. The van der Waals surface area contributed by atoms with Gasteiger partial charge in [0, 0.05) is 19.3 Å². The number of anilines is 1. The SMILES string of the molecule is CN1Cc2ccc(N)cc2CC1=O. The number of nitrogens with two attached hydrogens (primary N) is 1. The van der Waals surface area contributed by atoms with Gasteiger partial charge in [-0.15, -0.1) is 0 Å². The minimum Gasteiger partial charge on any atom is -0.399 e. The maximum absolute atomic E-state index is 11.4. The van der Waals surface area contributed by atoms with Crippen LogP contribution in [0.15, 0.2) is 18.2 Å². The first-order chi connectivity index (χ1) is 6.16. The van der Waals surface area contributed by atoms with Crippen LogP contribution >= 0.6 is 0 Å². The summed E-state index contributed by atoms with van der Waals surface area (Å²) in [6.45, 7) is 0.703. The Morgan fingerprint density at radius 2 is 2.15 bits per heavy atom. The third kappa shape index (κ3) is 1.37. The van der Waals surface area contributed by atoms with E-state index < -0.39 is 0 Å². The molecule has 13 heavy (non-hydrogen) atoms. The highest BCUT2D eigenvalue weighted by Crippen LogP contribution is 2.20. The number of benzene rings is 1. The molecule has 0 aromatic heterocycles. The zero-order valence-corrected chi connectivity index (χ0v) is 7.58. The first-order valence-corrected chi connectivity index (χ1v) is 4.28. The highest BCUT2D eigenvalue weighted by Gasteiger charge is 2.19. The van der Waals surface area contributed by atoms with Crippen LogP contribution in [0.2, 0.25) is 0 Å². The Labute approximate surface area is 77.1 Å². The van der Waals surface area contributed by atoms with Crippen LogP contribution in [0.25, 0.3) is 0 Å². The monoisotopic (exact) mass is 176 g/mol. The van der Waals surface area contributed by atoms with Crippen LogP contribution in [0.4, 0.5) is 5.69 Å². The Morgan fingerprint density at radius 1 is 1.38 bits per heavy atom. The van der Waals surface area contributed by atoms with E-state index in [1.807, 2.05) is 25.2 Å². The standard InChI is InChI=1S/C10H12N2O/c1-12-6-7-2-3-9(11)4-8(7)5-10(12)13/h2-4H,5-6,11H2,1H3. The summed E-state index contributed by atoms with van der Waals surface area (Å²) in [6.07, 6.45) is 0.483. The lowest BCUT2D eigenvalue weighted by Gasteiger charge is -2.25. The van der Waals surface area contributed by atoms with E-state index >= 15 is 0 Å². The van der Waals surface area contributed by atoms with Gasteiger partial charge in [-0.1, -0.05) is 6.07 Å². The largest absolute Gasteiger partial charge is 0.399 e. The number of hydrogen-bond donors (Lipinski definition) is 1. The van der Waals surface area contributed by atoms with Crippen molar-refractivity contribution >= 4 is 11.6 Å². The molecule has 1 aromatic carbocycles. The van der Waals surface area contributed by atoms with Crippen LogP contribution < -0.4 is 5.73 Å². The molecule has 0 saturated heterocycles. The molecule has 1 aliphatic rings. The molecule has 68 valence electrons. The van der Waals surface area contributed by atoms with Crippen LogP contribution in [0.1, 0.15) is 11.1 Å². The Bertz CT molecular complexity index is 360. The smallest absolute Gasteiger partial charge is 0.227 e. The molecule has 0 bridgehead atoms. The van der Waals surface area contributed by atoms with Crippen LogP contribution in [-0.2, 0) is 17.8 Å². The van der Waals surface area contributed by atoms with E-state index in [1.54, 1.807) is 4.90 Å². The predicted octanol–water partition coefficient (Wildman–Crippen LogP) is 0.783. The molecule has 1 aromatic rings. The Hall–Kier alpha value is -1.51. The van der Waals surface area contributed by atoms with E-state index in [1.165, 1.54) is 5.56 Å². The molecular weight excluding hydrogens is 164 g/mol. The topological polar surface area (TPSA) is 46.3 Å². The van der Waals surface area contributed by atoms with Crippen molar-refractivity contribution < 1.29 is 4.79 Å². The average Bonchev–Trinajstić information content (AvgIpc) is 2.08. The van der Waals surface area contributed by atoms with Gasteiger partial charge in [-0.2, -0.15) is 0 Å². The number of hydrogen-bond acceptors (Lipinski definition) is 2. The van der Waals surface area contributed by atoms with Crippen LogP contribution in [0, 0.1) is 0 Å². The molecular formula is C10H12N2O. The van der Waals surface area contributed by atoms with Gasteiger partial charge in [0.1, 0.15) is 0 Å². The van der Waals surface area contributed by atoms with Gasteiger partial charge >= 0.3 is 0 Å². The molecule has 3 heteroatoms. The van der Waals surface area contributed by atoms with Gasteiger partial charge < -0.3 is 10.6 Å². The van der Waals surface area contributed by atoms with Gasteiger partial charge in [-0.05, 0) is 23.3 Å². The molecule has 1 aliphatic heterocycles. The third-order valence-corrected chi connectivity index (χ3v) is 2.41. The number of likely N-dealkylation sites (N-methyl/N-ethyl adjacent to an activating group) is 1. The fraction of sp³-hybridized carbons (Fsp3) is 0.300. The Balaban J connectivity index is 2.42. The Morgan fingerprint density at radius 3 is 2.92 bits per heavy atom. The lowest BCUT2D eigenvalue weighted by atomic mass is 9.99. The van der Waals surface area contributed by atoms with E-state index in [9.17, 15) is 4.79 Å². The molecule has 1 amide bonds. The van der Waals surface area contributed by atoms with Crippen LogP contribution in [0.5, 0.6) is 0 Å². The summed E-state index contributed by atoms with van der Waals surface area (Å²) >= 11 is 0. The summed E-state index contributed by atoms with van der Waals surface area (Å²) in [4.78, 5) is 13.1. The van der Waals surface area contributed by atoms with E-state index in [0.717, 1.165) is 11.3 Å². The highest BCUT2D eigenvalue weighted by molar-refractivity contribution is 5.81. The summed E-state index contributed by atoms with van der Waals surface area (Å²) in [5.41, 5.74) is 8.65. The average molecular weight is 176 g/mol. The van der Waals surface area contributed by atoms with Gasteiger partial charge in [0.15, 0.2) is 0 Å². The number of rotatable bonds is 0. The summed E-state index contributed by atoms with van der Waals surface area (Å²) < 4.78 is 0. The number of carbonyl (C=O) groups excluding carboxylic acids is 1. The lowest BCUT2D eigenvalue weighted by Crippen LogP contribution is -2.32. The molecule has 0 radical (unpaired) electrons. The van der Waals surface area contributed by atoms with E-state index in [-0.39, 0.29) is 5.91 Å². The number of nitrogens with zero attached hydrogens (tertiary/aromatic N) is 1. The number of nitrogen functional groups attached to an aromatic ring is 1. The predicted molar refractivity (Wildman–Crippen MR) is 51.0 cm³/mol. The molecule has 0 aliphatic carbocycles. The molecule has 0 unspecified atom stereocenters. The second-order valence-electron chi connectivity index (χ2n) is 3.45. The first kappa shape index (κ1) is 8.10. The molecule has 0 atom stereocenters. The number of carbonyl (C=O) groups is 1. The van der Waals surface area contributed by atoms with Crippen molar-refractivity contribution in [2.75, 3.05) is 12.8 Å². The van der Waals surface area contributed by atoms with Crippen molar-refractivity contribution in [1.29, 1.82) is 0 Å². The van der Waals surface area contributed by atoms with Crippen molar-refractivity contribution in [3.05, 3.63) is 29.3 Å². The van der Waals surface area contributed by atoms with Crippen molar-refractivity contribution in [1.82, 2.24) is 4.90 Å². The molecule has 0 saturated carbocycles. The maximum atomic E-state index is 11.4. The second-order valence-corrected chi connectivity index (χ2v) is 3.45. The lowest BCUT2D eigenvalue weighted by molar-refractivity contribution is -0.130. The zero-order chi connectivity index (χ0) is 9.42. The minimum atomic E-state index is 0.165. The maximum Gasteiger partial charge on any atom is 0.227 e. The highest BCUT2D eigenvalue weighted by atomic mass is 16.2. The van der Waals surface area contributed by atoms with Crippen molar-refractivity contribution in [2.45, 2.75) is 13.0 Å². The first-order valence-electron chi connectivity index (χ1n) is 4.28. The molecule has 0 fully saturated rings. The second kappa shape index (κ2) is 2.76. The van der Waals surface area contributed by atoms with Crippen molar-refractivity contribution in [3.8, 4) is 0 Å². The molecule has 2 rings (SSSR count). The summed E-state index contributed by atoms with van der Waals surface area (Å²) in [6, 6.07) is 5.76. The van der Waals surface area contributed by atoms with Gasteiger partial charge in [-0.25, -0.2) is 0 Å². The third-order valence-electron chi connectivity index (χ3n) is 2.41. The summed E-state index contributed by atoms with van der Waals surface area (Å²) in [5.74, 6) is 0.165. The van der Waals surface area contributed by atoms with Gasteiger partial charge in [-0.3, -0.25) is 4.79 Å². The fourth-order valence-electron chi connectivity index (χ4n) is 1.61. The number of fused-ring (bicyclic) bond motifs is 1. The zero-order valence-electron chi connectivity index (χ0n) is 7.58. The van der Waals surface area contributed by atoms with E-state index in [2.05, 4.69) is 0 Å². The van der Waals surface area contributed by atoms with Crippen molar-refractivity contribution in [3.63, 3.8) is 0 Å². The van der Waals surface area contributed by atoms with Crippen molar-refractivity contribution in [2.24, 2.45) is 0 Å². The van der Waals surface area contributed by atoms with Crippen LogP contribution in [-0.4, -0.2) is 17.9 Å². The molecule has 3 nitrogen and oxygen atoms in total. The summed E-state index contributed by atoms with van der Waals surface area (Å²) in [5, 5.41) is 0. The van der Waals surface area contributed by atoms with E-state index in [4.69, 9.17) is 5.73 Å².